The molecular formula is C25H23FN4O3. The summed E-state index contributed by atoms with van der Waals surface area (Å²) in [4.78, 5) is 40.0. The quantitative estimate of drug-likeness (QED) is 0.640. The average Bonchev–Trinajstić information content (AvgIpc) is 2.82. The standard InChI is InChI=1S/C25H23FN4O3/c26-19-6-8-20(9-7-19)27-25(33)29-13-16-12-18(15-29)23-21(10-11-22(31)30(23)14-16)28-24(32)17-4-2-1-3-5-17/h1-11,16,18H,12-15H2,(H,27,33)(H,28,32)/t16-,18-/m0/s1. The van der Waals surface area contributed by atoms with Crippen LogP contribution in [0.2, 0.25) is 0 Å². The van der Waals surface area contributed by atoms with Crippen LogP contribution >= 0.6 is 0 Å². The van der Waals surface area contributed by atoms with Gasteiger partial charge in [0, 0.05) is 48.6 Å². The zero-order valence-electron chi connectivity index (χ0n) is 17.8. The molecule has 3 heterocycles. The van der Waals surface area contributed by atoms with Crippen LogP contribution in [0.1, 0.15) is 28.4 Å². The lowest BCUT2D eigenvalue weighted by Gasteiger charge is -2.43. The van der Waals surface area contributed by atoms with Crippen molar-refractivity contribution >= 4 is 23.3 Å². The fourth-order valence-corrected chi connectivity index (χ4v) is 4.81. The van der Waals surface area contributed by atoms with Crippen molar-refractivity contribution in [2.24, 2.45) is 5.92 Å². The van der Waals surface area contributed by atoms with Crippen molar-refractivity contribution < 1.29 is 14.0 Å². The number of piperidine rings is 1. The number of anilines is 2. The van der Waals surface area contributed by atoms with Gasteiger partial charge in [-0.2, -0.15) is 0 Å². The van der Waals surface area contributed by atoms with Crippen molar-refractivity contribution in [1.82, 2.24) is 9.47 Å². The van der Waals surface area contributed by atoms with E-state index in [1.165, 1.54) is 30.3 Å². The van der Waals surface area contributed by atoms with Crippen LogP contribution in [0.4, 0.5) is 20.6 Å². The normalized spacial score (nSPS) is 18.9. The molecule has 1 fully saturated rings. The third-order valence-corrected chi connectivity index (χ3v) is 6.26. The SMILES string of the molecule is O=C(Nc1ccc(=O)n2c1[C@H]1C[C@@H](CN(C(=O)Nc3ccc(F)cc3)C1)C2)c1ccccc1. The Bertz CT molecular complexity index is 1260. The summed E-state index contributed by atoms with van der Waals surface area (Å²) in [5.41, 5.74) is 2.28. The maximum absolute atomic E-state index is 13.2. The number of urea groups is 1. The molecule has 33 heavy (non-hydrogen) atoms. The lowest BCUT2D eigenvalue weighted by atomic mass is 9.82. The molecule has 7 nitrogen and oxygen atoms in total. The van der Waals surface area contributed by atoms with Gasteiger partial charge in [0.15, 0.2) is 0 Å². The molecule has 2 aromatic carbocycles. The van der Waals surface area contributed by atoms with Gasteiger partial charge in [-0.15, -0.1) is 0 Å². The monoisotopic (exact) mass is 446 g/mol. The molecule has 2 N–H and O–H groups in total. The molecular weight excluding hydrogens is 423 g/mol. The number of pyridine rings is 1. The third-order valence-electron chi connectivity index (χ3n) is 6.26. The van der Waals surface area contributed by atoms with Gasteiger partial charge in [0.05, 0.1) is 5.69 Å². The van der Waals surface area contributed by atoms with Crippen LogP contribution in [0.25, 0.3) is 0 Å². The lowest BCUT2D eigenvalue weighted by Crippen LogP contribution is -2.50. The highest BCUT2D eigenvalue weighted by Crippen LogP contribution is 2.38. The van der Waals surface area contributed by atoms with E-state index in [2.05, 4.69) is 10.6 Å². The minimum Gasteiger partial charge on any atom is -0.324 e. The van der Waals surface area contributed by atoms with E-state index in [0.29, 0.717) is 36.6 Å². The van der Waals surface area contributed by atoms with Gasteiger partial charge in [0.25, 0.3) is 11.5 Å². The molecule has 0 spiro atoms. The van der Waals surface area contributed by atoms with E-state index in [1.807, 2.05) is 6.07 Å². The molecule has 2 aliphatic heterocycles. The number of hydrogen-bond acceptors (Lipinski definition) is 3. The first kappa shape index (κ1) is 20.9. The number of rotatable bonds is 3. The molecule has 0 aliphatic carbocycles. The molecule has 2 atom stereocenters. The smallest absolute Gasteiger partial charge is 0.321 e. The molecule has 0 radical (unpaired) electrons. The molecule has 2 aliphatic rings. The maximum Gasteiger partial charge on any atom is 0.321 e. The number of fused-ring (bicyclic) bond motifs is 4. The molecule has 3 amide bonds. The summed E-state index contributed by atoms with van der Waals surface area (Å²) >= 11 is 0. The van der Waals surface area contributed by atoms with Gasteiger partial charge < -0.3 is 20.1 Å². The highest BCUT2D eigenvalue weighted by molar-refractivity contribution is 6.04. The Morgan fingerprint density at radius 2 is 1.64 bits per heavy atom. The van der Waals surface area contributed by atoms with E-state index in [9.17, 15) is 18.8 Å². The number of benzene rings is 2. The van der Waals surface area contributed by atoms with Gasteiger partial charge in [-0.3, -0.25) is 9.59 Å². The number of halogens is 1. The Morgan fingerprint density at radius 1 is 0.879 bits per heavy atom. The second-order valence-electron chi connectivity index (χ2n) is 8.54. The van der Waals surface area contributed by atoms with E-state index in [1.54, 1.807) is 39.8 Å². The summed E-state index contributed by atoms with van der Waals surface area (Å²) in [6, 6.07) is 17.4. The van der Waals surface area contributed by atoms with Crippen molar-refractivity contribution in [3.05, 3.63) is 94.2 Å². The van der Waals surface area contributed by atoms with Crippen molar-refractivity contribution in [3.63, 3.8) is 0 Å². The summed E-state index contributed by atoms with van der Waals surface area (Å²) in [6.07, 6.45) is 0.831. The van der Waals surface area contributed by atoms with Crippen LogP contribution in [-0.4, -0.2) is 34.5 Å². The average molecular weight is 446 g/mol. The Kier molecular flexibility index (Phi) is 5.42. The summed E-state index contributed by atoms with van der Waals surface area (Å²) in [5.74, 6) is -0.571. The Hall–Kier alpha value is -3.94. The second-order valence-corrected chi connectivity index (χ2v) is 8.54. The van der Waals surface area contributed by atoms with Gasteiger partial charge >= 0.3 is 6.03 Å². The van der Waals surface area contributed by atoms with Crippen LogP contribution in [0.15, 0.2) is 71.5 Å². The number of carbonyl (C=O) groups excluding carboxylic acids is 2. The maximum atomic E-state index is 13.2. The first-order chi connectivity index (χ1) is 16.0. The molecule has 5 rings (SSSR count). The molecule has 168 valence electrons. The van der Waals surface area contributed by atoms with Crippen LogP contribution < -0.4 is 16.2 Å². The fourth-order valence-electron chi connectivity index (χ4n) is 4.81. The first-order valence-corrected chi connectivity index (χ1v) is 10.9. The van der Waals surface area contributed by atoms with Gasteiger partial charge in [-0.1, -0.05) is 18.2 Å². The molecule has 0 unspecified atom stereocenters. The number of nitrogens with zero attached hydrogens (tertiary/aromatic N) is 2. The Morgan fingerprint density at radius 3 is 2.39 bits per heavy atom. The topological polar surface area (TPSA) is 83.4 Å². The van der Waals surface area contributed by atoms with Crippen molar-refractivity contribution in [2.45, 2.75) is 18.9 Å². The minimum atomic E-state index is -0.368. The molecule has 1 saturated heterocycles. The van der Waals surface area contributed by atoms with Crippen LogP contribution in [-0.2, 0) is 6.54 Å². The number of amides is 3. The van der Waals surface area contributed by atoms with Crippen molar-refractivity contribution in [1.29, 1.82) is 0 Å². The summed E-state index contributed by atoms with van der Waals surface area (Å²) in [7, 11) is 0. The number of aromatic nitrogens is 1. The van der Waals surface area contributed by atoms with E-state index < -0.39 is 0 Å². The Labute approximate surface area is 189 Å². The van der Waals surface area contributed by atoms with Gasteiger partial charge in [-0.05, 0) is 54.8 Å². The minimum absolute atomic E-state index is 0.0866. The summed E-state index contributed by atoms with van der Waals surface area (Å²) in [5, 5.41) is 5.77. The molecule has 3 aromatic rings. The van der Waals surface area contributed by atoms with E-state index in [0.717, 1.165) is 12.1 Å². The number of hydrogen-bond donors (Lipinski definition) is 2. The van der Waals surface area contributed by atoms with E-state index in [4.69, 9.17) is 0 Å². The fraction of sp³-hybridized carbons (Fsp3) is 0.240. The Balaban J connectivity index is 1.39. The highest BCUT2D eigenvalue weighted by Gasteiger charge is 2.38. The second kappa shape index (κ2) is 8.54. The van der Waals surface area contributed by atoms with Crippen LogP contribution in [0, 0.1) is 11.7 Å². The summed E-state index contributed by atoms with van der Waals surface area (Å²) in [6.45, 7) is 1.43. The zero-order valence-corrected chi connectivity index (χ0v) is 17.8. The van der Waals surface area contributed by atoms with E-state index >= 15 is 0 Å². The van der Waals surface area contributed by atoms with Gasteiger partial charge in [-0.25, -0.2) is 9.18 Å². The first-order valence-electron chi connectivity index (χ1n) is 10.9. The van der Waals surface area contributed by atoms with Crippen LogP contribution in [0.3, 0.4) is 0 Å². The summed E-state index contributed by atoms with van der Waals surface area (Å²) < 4.78 is 14.9. The van der Waals surface area contributed by atoms with Gasteiger partial charge in [0.2, 0.25) is 0 Å². The largest absolute Gasteiger partial charge is 0.324 e. The number of likely N-dealkylation sites (tertiary alicyclic amines) is 1. The van der Waals surface area contributed by atoms with Crippen molar-refractivity contribution in [3.8, 4) is 0 Å². The highest BCUT2D eigenvalue weighted by atomic mass is 19.1. The number of nitrogens with one attached hydrogen (secondary N) is 2. The van der Waals surface area contributed by atoms with Crippen molar-refractivity contribution in [2.75, 3.05) is 23.7 Å². The predicted octanol–water partition coefficient (Wildman–Crippen LogP) is 3.89. The molecule has 2 bridgehead atoms. The zero-order chi connectivity index (χ0) is 22.9. The van der Waals surface area contributed by atoms with Gasteiger partial charge in [0.1, 0.15) is 5.82 Å². The lowest BCUT2D eigenvalue weighted by molar-refractivity contribution is 0.102. The predicted molar refractivity (Wildman–Crippen MR) is 123 cm³/mol. The van der Waals surface area contributed by atoms with Crippen LogP contribution in [0.5, 0.6) is 0 Å². The molecule has 8 heteroatoms. The number of carbonyl (C=O) groups is 2. The molecule has 0 saturated carbocycles. The molecule has 1 aromatic heterocycles. The van der Waals surface area contributed by atoms with E-state index in [-0.39, 0.29) is 35.2 Å². The third kappa shape index (κ3) is 4.24.